The van der Waals surface area contributed by atoms with Crippen LogP contribution < -0.4 is 4.90 Å². The molecule has 0 saturated heterocycles. The van der Waals surface area contributed by atoms with E-state index >= 15 is 0 Å². The Morgan fingerprint density at radius 2 is 2.00 bits per heavy atom. The van der Waals surface area contributed by atoms with Gasteiger partial charge in [-0.1, -0.05) is 36.2 Å². The molecule has 3 aromatic rings. The number of carbonyl (C=O) groups is 2. The number of aliphatic carboxylic acids is 1. The number of nitrogens with zero attached hydrogens (tertiary/aromatic N) is 4. The molecule has 0 fully saturated rings. The molecule has 0 radical (unpaired) electrons. The molecule has 0 saturated carbocycles. The summed E-state index contributed by atoms with van der Waals surface area (Å²) in [6, 6.07) is 10.2. The van der Waals surface area contributed by atoms with Crippen molar-refractivity contribution in [2.24, 2.45) is 13.0 Å². The van der Waals surface area contributed by atoms with Crippen molar-refractivity contribution >= 4 is 51.9 Å². The highest BCUT2D eigenvalue weighted by molar-refractivity contribution is 6.43. The number of carboxylic acids is 1. The van der Waals surface area contributed by atoms with Gasteiger partial charge in [0.15, 0.2) is 4.84 Å². The second-order valence-corrected chi connectivity index (χ2v) is 7.68. The van der Waals surface area contributed by atoms with E-state index in [0.717, 1.165) is 5.52 Å². The Hall–Kier alpha value is -2.64. The SMILES string of the molecule is CCC(CN(C(=O)c1ccc2c(c1)nc(C(Cl)Cl)n2C)c1ccccn1)C(=O)O. The van der Waals surface area contributed by atoms with E-state index < -0.39 is 16.7 Å². The molecular weight excluding hydrogens is 415 g/mol. The minimum Gasteiger partial charge on any atom is -0.481 e. The molecule has 1 unspecified atom stereocenters. The zero-order valence-corrected chi connectivity index (χ0v) is 17.4. The van der Waals surface area contributed by atoms with Crippen molar-refractivity contribution in [3.63, 3.8) is 0 Å². The minimum atomic E-state index is -0.957. The number of imidazole rings is 1. The molecule has 7 nitrogen and oxygen atoms in total. The predicted molar refractivity (Wildman–Crippen MR) is 112 cm³/mol. The molecule has 0 aliphatic rings. The molecule has 1 N–H and O–H groups in total. The van der Waals surface area contributed by atoms with Crippen LogP contribution in [0.5, 0.6) is 0 Å². The van der Waals surface area contributed by atoms with Crippen molar-refractivity contribution in [2.75, 3.05) is 11.4 Å². The van der Waals surface area contributed by atoms with Crippen LogP contribution in [0, 0.1) is 5.92 Å². The van der Waals surface area contributed by atoms with Crippen LogP contribution in [0.1, 0.15) is 34.4 Å². The highest BCUT2D eigenvalue weighted by Gasteiger charge is 2.26. The molecule has 0 aliphatic heterocycles. The molecule has 2 aromatic heterocycles. The summed E-state index contributed by atoms with van der Waals surface area (Å²) in [4.78, 5) is 34.1. The summed E-state index contributed by atoms with van der Waals surface area (Å²) >= 11 is 11.9. The number of aromatic nitrogens is 3. The number of benzene rings is 1. The van der Waals surface area contributed by atoms with Gasteiger partial charge in [-0.05, 0) is 36.8 Å². The first-order chi connectivity index (χ1) is 13.8. The lowest BCUT2D eigenvalue weighted by atomic mass is 10.1. The second-order valence-electron chi connectivity index (χ2n) is 6.58. The van der Waals surface area contributed by atoms with Crippen molar-refractivity contribution in [2.45, 2.75) is 18.2 Å². The monoisotopic (exact) mass is 434 g/mol. The Bertz CT molecular complexity index is 1040. The number of fused-ring (bicyclic) bond motifs is 1. The molecule has 0 spiro atoms. The number of pyridine rings is 1. The van der Waals surface area contributed by atoms with Crippen molar-refractivity contribution in [1.29, 1.82) is 0 Å². The Labute approximate surface area is 177 Å². The molecule has 2 heterocycles. The number of hydrogen-bond donors (Lipinski definition) is 1. The Morgan fingerprint density at radius 3 is 2.59 bits per heavy atom. The van der Waals surface area contributed by atoms with E-state index in [1.165, 1.54) is 4.90 Å². The van der Waals surface area contributed by atoms with Crippen molar-refractivity contribution in [1.82, 2.24) is 14.5 Å². The molecule has 152 valence electrons. The molecule has 3 rings (SSSR count). The van der Waals surface area contributed by atoms with Crippen LogP contribution in [-0.4, -0.2) is 38.1 Å². The smallest absolute Gasteiger partial charge is 0.308 e. The third-order valence-corrected chi connectivity index (χ3v) is 5.16. The maximum atomic E-state index is 13.3. The summed E-state index contributed by atoms with van der Waals surface area (Å²) in [5.41, 5.74) is 1.73. The van der Waals surface area contributed by atoms with E-state index in [1.54, 1.807) is 61.1 Å². The lowest BCUT2D eigenvalue weighted by Crippen LogP contribution is -2.38. The first-order valence-corrected chi connectivity index (χ1v) is 9.91. The fourth-order valence-electron chi connectivity index (χ4n) is 3.10. The summed E-state index contributed by atoms with van der Waals surface area (Å²) in [5, 5.41) is 9.45. The minimum absolute atomic E-state index is 0.0125. The molecule has 9 heteroatoms. The molecule has 29 heavy (non-hydrogen) atoms. The van der Waals surface area contributed by atoms with Gasteiger partial charge in [-0.25, -0.2) is 9.97 Å². The second kappa shape index (κ2) is 8.80. The zero-order valence-electron chi connectivity index (χ0n) is 15.9. The summed E-state index contributed by atoms with van der Waals surface area (Å²) in [5.74, 6) is -1.15. The molecule has 1 aromatic carbocycles. The Balaban J connectivity index is 2.02. The highest BCUT2D eigenvalue weighted by Crippen LogP contribution is 2.28. The number of carboxylic acid groups (broad SMARTS) is 1. The molecule has 1 atom stereocenters. The van der Waals surface area contributed by atoms with E-state index in [4.69, 9.17) is 23.2 Å². The van der Waals surface area contributed by atoms with Crippen molar-refractivity contribution in [3.05, 3.63) is 54.0 Å². The van der Waals surface area contributed by atoms with Gasteiger partial charge in [-0.15, -0.1) is 0 Å². The quantitative estimate of drug-likeness (QED) is 0.562. The van der Waals surface area contributed by atoms with Gasteiger partial charge in [0, 0.05) is 25.4 Å². The van der Waals surface area contributed by atoms with Gasteiger partial charge >= 0.3 is 5.97 Å². The summed E-state index contributed by atoms with van der Waals surface area (Å²) in [6.07, 6.45) is 1.95. The van der Waals surface area contributed by atoms with Gasteiger partial charge in [-0.3, -0.25) is 14.5 Å². The number of rotatable bonds is 7. The molecule has 0 aliphatic carbocycles. The lowest BCUT2D eigenvalue weighted by molar-refractivity contribution is -0.141. The van der Waals surface area contributed by atoms with E-state index in [2.05, 4.69) is 9.97 Å². The third kappa shape index (κ3) is 4.36. The summed E-state index contributed by atoms with van der Waals surface area (Å²) < 4.78 is 1.77. The van der Waals surface area contributed by atoms with Crippen LogP contribution >= 0.6 is 23.2 Å². The largest absolute Gasteiger partial charge is 0.481 e. The number of aryl methyl sites for hydroxylation is 1. The number of alkyl halides is 2. The average molecular weight is 435 g/mol. The fourth-order valence-corrected chi connectivity index (χ4v) is 3.49. The number of hydrogen-bond acceptors (Lipinski definition) is 4. The van der Waals surface area contributed by atoms with Crippen LogP contribution in [0.4, 0.5) is 5.82 Å². The fraction of sp³-hybridized carbons (Fsp3) is 0.300. The van der Waals surface area contributed by atoms with Crippen LogP contribution in [0.2, 0.25) is 0 Å². The van der Waals surface area contributed by atoms with E-state index in [1.807, 2.05) is 0 Å². The normalized spacial score (nSPS) is 12.3. The van der Waals surface area contributed by atoms with Gasteiger partial charge in [0.2, 0.25) is 0 Å². The van der Waals surface area contributed by atoms with Crippen LogP contribution in [-0.2, 0) is 11.8 Å². The van der Waals surface area contributed by atoms with Gasteiger partial charge in [0.05, 0.1) is 17.0 Å². The average Bonchev–Trinajstić information content (AvgIpc) is 3.05. The van der Waals surface area contributed by atoms with Gasteiger partial charge in [-0.2, -0.15) is 0 Å². The van der Waals surface area contributed by atoms with E-state index in [0.29, 0.717) is 29.1 Å². The lowest BCUT2D eigenvalue weighted by Gasteiger charge is -2.24. The maximum absolute atomic E-state index is 13.3. The van der Waals surface area contributed by atoms with Crippen LogP contribution in [0.25, 0.3) is 11.0 Å². The van der Waals surface area contributed by atoms with E-state index in [-0.39, 0.29) is 12.5 Å². The first kappa shape index (κ1) is 21.1. The van der Waals surface area contributed by atoms with E-state index in [9.17, 15) is 14.7 Å². The topological polar surface area (TPSA) is 88.3 Å². The summed E-state index contributed by atoms with van der Waals surface area (Å²) in [7, 11) is 1.79. The Kier molecular flexibility index (Phi) is 6.39. The van der Waals surface area contributed by atoms with Crippen molar-refractivity contribution < 1.29 is 14.7 Å². The highest BCUT2D eigenvalue weighted by atomic mass is 35.5. The molecule has 1 amide bonds. The zero-order chi connectivity index (χ0) is 21.1. The van der Waals surface area contributed by atoms with Gasteiger partial charge in [0.1, 0.15) is 11.6 Å². The first-order valence-electron chi connectivity index (χ1n) is 9.03. The van der Waals surface area contributed by atoms with Gasteiger partial charge in [0.25, 0.3) is 5.91 Å². The van der Waals surface area contributed by atoms with Gasteiger partial charge < -0.3 is 9.67 Å². The number of carbonyl (C=O) groups excluding carboxylic acids is 1. The Morgan fingerprint density at radius 1 is 1.24 bits per heavy atom. The van der Waals surface area contributed by atoms with Crippen LogP contribution in [0.15, 0.2) is 42.6 Å². The predicted octanol–water partition coefficient (Wildman–Crippen LogP) is 4.20. The van der Waals surface area contributed by atoms with Crippen molar-refractivity contribution in [3.8, 4) is 0 Å². The molecule has 0 bridgehead atoms. The maximum Gasteiger partial charge on any atom is 0.308 e. The van der Waals surface area contributed by atoms with Crippen LogP contribution in [0.3, 0.4) is 0 Å². The summed E-state index contributed by atoms with van der Waals surface area (Å²) in [6.45, 7) is 1.79. The third-order valence-electron chi connectivity index (χ3n) is 4.77. The standard InChI is InChI=1S/C20H20Cl2N4O3/c1-3-12(20(28)29)11-26(16-6-4-5-9-23-16)19(27)13-7-8-15-14(10-13)24-18(17(21)22)25(15)2/h4-10,12,17H,3,11H2,1-2H3,(H,28,29). The number of halogens is 2. The number of amides is 1. The molecular formula is C20H20Cl2N4O3. The number of anilines is 1.